The molecule has 0 aliphatic carbocycles. The Morgan fingerprint density at radius 1 is 1.22 bits per heavy atom. The fourth-order valence-corrected chi connectivity index (χ4v) is 2.23. The second kappa shape index (κ2) is 7.08. The van der Waals surface area contributed by atoms with Gasteiger partial charge in [0, 0.05) is 13.7 Å². The zero-order valence-electron chi connectivity index (χ0n) is 10.4. The van der Waals surface area contributed by atoms with E-state index in [0.717, 1.165) is 29.6 Å². The van der Waals surface area contributed by atoms with Gasteiger partial charge in [-0.1, -0.05) is 41.7 Å². The maximum atomic E-state index is 5.58. The second-order valence-corrected chi connectivity index (χ2v) is 4.95. The van der Waals surface area contributed by atoms with Gasteiger partial charge in [-0.3, -0.25) is 0 Å². The van der Waals surface area contributed by atoms with Gasteiger partial charge in [-0.25, -0.2) is 0 Å². The smallest absolute Gasteiger partial charge is 0.205 e. The van der Waals surface area contributed by atoms with E-state index >= 15 is 0 Å². The number of benzene rings is 1. The summed E-state index contributed by atoms with van der Waals surface area (Å²) in [5.74, 6) is 0. The van der Waals surface area contributed by atoms with E-state index < -0.39 is 0 Å². The molecule has 2 aromatic rings. The maximum absolute atomic E-state index is 5.58. The van der Waals surface area contributed by atoms with Gasteiger partial charge >= 0.3 is 0 Å². The first-order valence-corrected chi connectivity index (χ1v) is 6.82. The topological polar surface area (TPSA) is 47.0 Å². The van der Waals surface area contributed by atoms with Crippen LogP contribution in [0.1, 0.15) is 17.0 Å². The van der Waals surface area contributed by atoms with Crippen LogP contribution >= 0.6 is 11.3 Å². The summed E-state index contributed by atoms with van der Waals surface area (Å²) in [6, 6.07) is 10.5. The molecule has 0 aliphatic rings. The highest BCUT2D eigenvalue weighted by molar-refractivity contribution is 7.15. The van der Waals surface area contributed by atoms with Gasteiger partial charge in [0.2, 0.25) is 5.13 Å². The molecule has 0 aliphatic heterocycles. The minimum Gasteiger partial charge on any atom is -0.374 e. The predicted octanol–water partition coefficient (Wildman–Crippen LogP) is 2.73. The number of hydrogen-bond acceptors (Lipinski definition) is 5. The molecule has 0 saturated heterocycles. The summed E-state index contributed by atoms with van der Waals surface area (Å²) in [6.45, 7) is 1.30. The molecule has 1 aromatic heterocycles. The van der Waals surface area contributed by atoms with Crippen LogP contribution in [0.5, 0.6) is 0 Å². The Balaban J connectivity index is 1.61. The summed E-state index contributed by atoms with van der Waals surface area (Å²) < 4.78 is 5.58. The third kappa shape index (κ3) is 4.09. The number of aryl methyl sites for hydroxylation is 1. The Labute approximate surface area is 111 Å². The molecule has 4 nitrogen and oxygen atoms in total. The van der Waals surface area contributed by atoms with Crippen molar-refractivity contribution >= 4 is 16.5 Å². The van der Waals surface area contributed by atoms with Gasteiger partial charge < -0.3 is 10.1 Å². The average molecular weight is 263 g/mol. The van der Waals surface area contributed by atoms with Crippen molar-refractivity contribution < 1.29 is 4.74 Å². The zero-order chi connectivity index (χ0) is 12.6. The van der Waals surface area contributed by atoms with Crippen LogP contribution in [0, 0.1) is 0 Å². The van der Waals surface area contributed by atoms with Crippen molar-refractivity contribution in [3.05, 3.63) is 40.9 Å². The standard InChI is InChI=1S/C13H17N3OS/c1-14-13-16-15-12(18-13)10-17-9-5-8-11-6-3-2-4-7-11/h2-4,6-7H,5,8-10H2,1H3,(H,14,16). The Bertz CT molecular complexity index is 458. The summed E-state index contributed by atoms with van der Waals surface area (Å²) in [6.07, 6.45) is 2.08. The van der Waals surface area contributed by atoms with E-state index in [0.29, 0.717) is 6.61 Å². The first kappa shape index (κ1) is 13.0. The first-order valence-electron chi connectivity index (χ1n) is 6.00. The van der Waals surface area contributed by atoms with Crippen molar-refractivity contribution in [2.24, 2.45) is 0 Å². The number of nitrogens with zero attached hydrogens (tertiary/aromatic N) is 2. The van der Waals surface area contributed by atoms with Crippen LogP contribution in [0.2, 0.25) is 0 Å². The Morgan fingerprint density at radius 2 is 2.06 bits per heavy atom. The van der Waals surface area contributed by atoms with Crippen LogP contribution in [0.25, 0.3) is 0 Å². The van der Waals surface area contributed by atoms with Crippen molar-refractivity contribution in [2.75, 3.05) is 19.0 Å². The van der Waals surface area contributed by atoms with Gasteiger partial charge in [0.25, 0.3) is 0 Å². The molecule has 0 atom stereocenters. The van der Waals surface area contributed by atoms with E-state index in [2.05, 4.69) is 39.8 Å². The largest absolute Gasteiger partial charge is 0.374 e. The molecule has 0 unspecified atom stereocenters. The summed E-state index contributed by atoms with van der Waals surface area (Å²) in [5.41, 5.74) is 1.36. The number of aromatic nitrogens is 2. The van der Waals surface area contributed by atoms with E-state index in [1.54, 1.807) is 0 Å². The molecule has 5 heteroatoms. The van der Waals surface area contributed by atoms with Crippen LogP contribution < -0.4 is 5.32 Å². The molecule has 1 aromatic carbocycles. The van der Waals surface area contributed by atoms with Crippen molar-refractivity contribution in [2.45, 2.75) is 19.4 Å². The third-order valence-electron chi connectivity index (χ3n) is 2.50. The lowest BCUT2D eigenvalue weighted by Gasteiger charge is -2.02. The van der Waals surface area contributed by atoms with Crippen LogP contribution in [0.15, 0.2) is 30.3 Å². The fraction of sp³-hybridized carbons (Fsp3) is 0.385. The highest BCUT2D eigenvalue weighted by Gasteiger charge is 2.01. The van der Waals surface area contributed by atoms with E-state index in [1.165, 1.54) is 16.9 Å². The molecule has 0 amide bonds. The monoisotopic (exact) mass is 263 g/mol. The van der Waals surface area contributed by atoms with E-state index in [-0.39, 0.29) is 0 Å². The lowest BCUT2D eigenvalue weighted by molar-refractivity contribution is 0.118. The molecular formula is C13H17N3OS. The first-order chi connectivity index (χ1) is 8.88. The minimum atomic E-state index is 0.550. The summed E-state index contributed by atoms with van der Waals surface area (Å²) in [5, 5.41) is 12.7. The van der Waals surface area contributed by atoms with Crippen molar-refractivity contribution in [3.63, 3.8) is 0 Å². The summed E-state index contributed by atoms with van der Waals surface area (Å²) in [7, 11) is 1.84. The van der Waals surface area contributed by atoms with Gasteiger partial charge in [-0.15, -0.1) is 10.2 Å². The molecule has 2 rings (SSSR count). The van der Waals surface area contributed by atoms with E-state index in [4.69, 9.17) is 4.74 Å². The van der Waals surface area contributed by atoms with Crippen molar-refractivity contribution in [3.8, 4) is 0 Å². The number of rotatable bonds is 7. The molecule has 18 heavy (non-hydrogen) atoms. The van der Waals surface area contributed by atoms with Crippen LogP contribution in [-0.2, 0) is 17.8 Å². The molecule has 0 saturated carbocycles. The van der Waals surface area contributed by atoms with E-state index in [9.17, 15) is 0 Å². The molecule has 1 N–H and O–H groups in total. The molecular weight excluding hydrogens is 246 g/mol. The van der Waals surface area contributed by atoms with Gasteiger partial charge in [-0.05, 0) is 18.4 Å². The second-order valence-electron chi connectivity index (χ2n) is 3.89. The van der Waals surface area contributed by atoms with Crippen molar-refractivity contribution in [1.29, 1.82) is 0 Å². The van der Waals surface area contributed by atoms with Gasteiger partial charge in [0.05, 0.1) is 0 Å². The molecule has 0 bridgehead atoms. The summed E-state index contributed by atoms with van der Waals surface area (Å²) in [4.78, 5) is 0. The van der Waals surface area contributed by atoms with Crippen LogP contribution in [0.4, 0.5) is 5.13 Å². The molecule has 1 heterocycles. The fourth-order valence-electron chi connectivity index (χ4n) is 1.60. The normalized spacial score (nSPS) is 10.5. The number of hydrogen-bond donors (Lipinski definition) is 1. The number of anilines is 1. The molecule has 0 radical (unpaired) electrons. The Hall–Kier alpha value is -1.46. The van der Waals surface area contributed by atoms with Gasteiger partial charge in [0.1, 0.15) is 11.6 Å². The van der Waals surface area contributed by atoms with E-state index in [1.807, 2.05) is 13.1 Å². The molecule has 0 spiro atoms. The number of ether oxygens (including phenoxy) is 1. The highest BCUT2D eigenvalue weighted by atomic mass is 32.1. The Kier molecular flexibility index (Phi) is 5.11. The quantitative estimate of drug-likeness (QED) is 0.780. The predicted molar refractivity (Wildman–Crippen MR) is 73.9 cm³/mol. The van der Waals surface area contributed by atoms with Crippen LogP contribution in [-0.4, -0.2) is 23.9 Å². The highest BCUT2D eigenvalue weighted by Crippen LogP contribution is 2.14. The molecule has 0 fully saturated rings. The lowest BCUT2D eigenvalue weighted by atomic mass is 10.1. The van der Waals surface area contributed by atoms with Gasteiger partial charge in [0.15, 0.2) is 0 Å². The maximum Gasteiger partial charge on any atom is 0.205 e. The van der Waals surface area contributed by atoms with Gasteiger partial charge in [-0.2, -0.15) is 0 Å². The Morgan fingerprint density at radius 3 is 2.78 bits per heavy atom. The molecule has 96 valence electrons. The summed E-state index contributed by atoms with van der Waals surface area (Å²) >= 11 is 1.53. The minimum absolute atomic E-state index is 0.550. The van der Waals surface area contributed by atoms with Crippen LogP contribution in [0.3, 0.4) is 0 Å². The zero-order valence-corrected chi connectivity index (χ0v) is 11.2. The average Bonchev–Trinajstić information content (AvgIpc) is 2.87. The van der Waals surface area contributed by atoms with Crippen molar-refractivity contribution in [1.82, 2.24) is 10.2 Å². The SMILES string of the molecule is CNc1nnc(COCCCc2ccccc2)s1. The number of nitrogens with one attached hydrogen (secondary N) is 1. The third-order valence-corrected chi connectivity index (χ3v) is 3.42. The lowest BCUT2D eigenvalue weighted by Crippen LogP contribution is -1.97.